The Balaban J connectivity index is 1.66. The average Bonchev–Trinajstić information content (AvgIpc) is 2.87. The summed E-state index contributed by atoms with van der Waals surface area (Å²) in [6.07, 6.45) is 9.34. The molecule has 0 N–H and O–H groups in total. The van der Waals surface area contributed by atoms with Crippen molar-refractivity contribution in [2.24, 2.45) is 5.92 Å². The van der Waals surface area contributed by atoms with E-state index in [4.69, 9.17) is 0 Å². The number of carbonyl (C=O) groups excluding carboxylic acids is 1. The number of fused-ring (bicyclic) bond motifs is 4. The van der Waals surface area contributed by atoms with Crippen molar-refractivity contribution in [3.05, 3.63) is 30.1 Å². The Hall–Kier alpha value is -1.07. The summed E-state index contributed by atoms with van der Waals surface area (Å²) in [5.41, 5.74) is 0.769. The molecule has 2 bridgehead atoms. The van der Waals surface area contributed by atoms with Gasteiger partial charge in [-0.05, 0) is 55.9 Å². The highest BCUT2D eigenvalue weighted by Gasteiger charge is 2.36. The number of amides is 1. The predicted octanol–water partition coefficient (Wildman–Crippen LogP) is 2.37. The van der Waals surface area contributed by atoms with E-state index in [2.05, 4.69) is 21.0 Å². The van der Waals surface area contributed by atoms with Crippen molar-refractivity contribution in [3.8, 4) is 0 Å². The summed E-state index contributed by atoms with van der Waals surface area (Å²) in [5, 5.41) is 0. The second-order valence-electron chi connectivity index (χ2n) is 6.38. The maximum Gasteiger partial charge on any atom is 0.254 e. The predicted molar refractivity (Wildman–Crippen MR) is 91.2 cm³/mol. The summed E-state index contributed by atoms with van der Waals surface area (Å²) in [6.45, 7) is 4.14. The van der Waals surface area contributed by atoms with E-state index in [1.165, 1.54) is 38.1 Å². The van der Waals surface area contributed by atoms with Crippen molar-refractivity contribution < 1.29 is 4.79 Å². The Kier molecular flexibility index (Phi) is 5.37. The number of hydrogen-bond donors (Lipinski definition) is 0. The second-order valence-corrected chi connectivity index (χ2v) is 7.37. The van der Waals surface area contributed by atoms with E-state index in [9.17, 15) is 4.79 Å². The van der Waals surface area contributed by atoms with Crippen LogP contribution in [-0.4, -0.2) is 64.9 Å². The average molecular weight is 319 g/mol. The Morgan fingerprint density at radius 2 is 2.09 bits per heavy atom. The molecule has 5 heteroatoms. The third-order valence-electron chi connectivity index (χ3n) is 4.84. The first-order chi connectivity index (χ1) is 10.8. The van der Waals surface area contributed by atoms with Gasteiger partial charge in [0.15, 0.2) is 0 Å². The molecule has 3 aliphatic rings. The van der Waals surface area contributed by atoms with Crippen LogP contribution < -0.4 is 0 Å². The van der Waals surface area contributed by atoms with Gasteiger partial charge in [-0.3, -0.25) is 14.7 Å². The number of rotatable bonds is 5. The van der Waals surface area contributed by atoms with E-state index in [0.29, 0.717) is 12.0 Å². The van der Waals surface area contributed by atoms with Crippen LogP contribution in [0.2, 0.25) is 0 Å². The number of nitrogens with zero attached hydrogens (tertiary/aromatic N) is 3. The molecule has 3 fully saturated rings. The number of carbonyl (C=O) groups is 1. The van der Waals surface area contributed by atoms with E-state index >= 15 is 0 Å². The van der Waals surface area contributed by atoms with Crippen molar-refractivity contribution in [3.63, 3.8) is 0 Å². The molecule has 0 unspecified atom stereocenters. The van der Waals surface area contributed by atoms with Crippen molar-refractivity contribution in [2.75, 3.05) is 38.2 Å². The third kappa shape index (κ3) is 3.63. The summed E-state index contributed by atoms with van der Waals surface area (Å²) < 4.78 is 0. The minimum absolute atomic E-state index is 0.172. The molecule has 1 aromatic heterocycles. The van der Waals surface area contributed by atoms with Crippen LogP contribution in [0.1, 0.15) is 29.6 Å². The lowest BCUT2D eigenvalue weighted by Gasteiger charge is -2.35. The van der Waals surface area contributed by atoms with Crippen LogP contribution >= 0.6 is 11.8 Å². The maximum absolute atomic E-state index is 12.7. The normalized spacial score (nSPS) is 25.2. The Bertz CT molecular complexity index is 496. The lowest BCUT2D eigenvalue weighted by atomic mass is 9.95. The highest BCUT2D eigenvalue weighted by atomic mass is 32.2. The van der Waals surface area contributed by atoms with Crippen LogP contribution in [0.4, 0.5) is 0 Å². The van der Waals surface area contributed by atoms with Gasteiger partial charge in [0.2, 0.25) is 0 Å². The van der Waals surface area contributed by atoms with Gasteiger partial charge in [0.1, 0.15) is 0 Å². The van der Waals surface area contributed by atoms with Gasteiger partial charge in [-0.2, -0.15) is 11.8 Å². The fourth-order valence-electron chi connectivity index (χ4n) is 3.71. The van der Waals surface area contributed by atoms with Crippen molar-refractivity contribution in [1.29, 1.82) is 0 Å². The number of hydrogen-bond acceptors (Lipinski definition) is 4. The van der Waals surface area contributed by atoms with E-state index < -0.39 is 0 Å². The Morgan fingerprint density at radius 1 is 1.27 bits per heavy atom. The first-order valence-electron chi connectivity index (χ1n) is 8.20. The molecular weight excluding hydrogens is 294 g/mol. The van der Waals surface area contributed by atoms with Crippen molar-refractivity contribution >= 4 is 17.7 Å². The van der Waals surface area contributed by atoms with Gasteiger partial charge in [-0.15, -0.1) is 0 Å². The van der Waals surface area contributed by atoms with Gasteiger partial charge in [0.25, 0.3) is 5.91 Å². The largest absolute Gasteiger partial charge is 0.337 e. The summed E-state index contributed by atoms with van der Waals surface area (Å²) in [6, 6.07) is 4.20. The molecule has 0 saturated carbocycles. The molecule has 0 radical (unpaired) electrons. The van der Waals surface area contributed by atoms with Crippen LogP contribution in [0.15, 0.2) is 24.5 Å². The lowest BCUT2D eigenvalue weighted by molar-refractivity contribution is 0.0738. The zero-order valence-electron chi connectivity index (χ0n) is 13.3. The first-order valence-corrected chi connectivity index (χ1v) is 9.59. The Labute approximate surface area is 137 Å². The van der Waals surface area contributed by atoms with E-state index in [-0.39, 0.29) is 5.91 Å². The molecule has 22 heavy (non-hydrogen) atoms. The summed E-state index contributed by atoms with van der Waals surface area (Å²) in [7, 11) is 0. The zero-order valence-corrected chi connectivity index (χ0v) is 14.1. The number of pyridine rings is 1. The summed E-state index contributed by atoms with van der Waals surface area (Å²) in [5.74, 6) is 2.04. The minimum atomic E-state index is 0.172. The molecule has 0 spiro atoms. The SMILES string of the molecule is CSCCCN1C[C@@H]2CC[C@H]1CN(C(=O)c1ccncc1)C2. The molecule has 4 rings (SSSR count). The van der Waals surface area contributed by atoms with Crippen LogP contribution in [0.25, 0.3) is 0 Å². The Morgan fingerprint density at radius 3 is 2.86 bits per heavy atom. The smallest absolute Gasteiger partial charge is 0.254 e. The first kappa shape index (κ1) is 15.8. The molecule has 0 aromatic carbocycles. The molecular formula is C17H25N3OS. The van der Waals surface area contributed by atoms with Gasteiger partial charge in [-0.1, -0.05) is 0 Å². The van der Waals surface area contributed by atoms with E-state index in [1.54, 1.807) is 12.4 Å². The lowest BCUT2D eigenvalue weighted by Crippen LogP contribution is -2.44. The number of piperidine rings is 1. The van der Waals surface area contributed by atoms with Crippen LogP contribution in [0, 0.1) is 5.92 Å². The third-order valence-corrected chi connectivity index (χ3v) is 5.53. The van der Waals surface area contributed by atoms with E-state index in [0.717, 1.165) is 18.7 Å². The van der Waals surface area contributed by atoms with Gasteiger partial charge in [-0.25, -0.2) is 0 Å². The minimum Gasteiger partial charge on any atom is -0.337 e. The van der Waals surface area contributed by atoms with Gasteiger partial charge in [0, 0.05) is 43.6 Å². The van der Waals surface area contributed by atoms with Crippen molar-refractivity contribution in [2.45, 2.75) is 25.3 Å². The number of aromatic nitrogens is 1. The monoisotopic (exact) mass is 319 g/mol. The molecule has 4 heterocycles. The van der Waals surface area contributed by atoms with Crippen LogP contribution in [0.3, 0.4) is 0 Å². The van der Waals surface area contributed by atoms with Crippen LogP contribution in [0.5, 0.6) is 0 Å². The van der Waals surface area contributed by atoms with E-state index in [1.807, 2.05) is 23.9 Å². The molecule has 120 valence electrons. The van der Waals surface area contributed by atoms with Crippen molar-refractivity contribution in [1.82, 2.24) is 14.8 Å². The molecule has 1 amide bonds. The second kappa shape index (κ2) is 7.47. The number of thioether (sulfide) groups is 1. The standard InChI is InChI=1S/C17H25N3OS/c1-22-10-2-9-19-11-14-3-4-16(19)13-20(12-14)17(21)15-5-7-18-8-6-15/h5-8,14,16H,2-4,9-13H2,1H3/t14-,16-/m0/s1. The van der Waals surface area contributed by atoms with Gasteiger partial charge < -0.3 is 4.90 Å². The topological polar surface area (TPSA) is 36.4 Å². The summed E-state index contributed by atoms with van der Waals surface area (Å²) >= 11 is 1.92. The summed E-state index contributed by atoms with van der Waals surface area (Å²) in [4.78, 5) is 21.4. The fraction of sp³-hybridized carbons (Fsp3) is 0.647. The highest BCUT2D eigenvalue weighted by molar-refractivity contribution is 7.98. The highest BCUT2D eigenvalue weighted by Crippen LogP contribution is 2.28. The van der Waals surface area contributed by atoms with Crippen LogP contribution in [-0.2, 0) is 0 Å². The molecule has 0 aliphatic carbocycles. The fourth-order valence-corrected chi connectivity index (χ4v) is 4.13. The molecule has 1 aromatic rings. The zero-order chi connectivity index (χ0) is 15.4. The molecule has 4 nitrogen and oxygen atoms in total. The molecule has 2 atom stereocenters. The quantitative estimate of drug-likeness (QED) is 0.781. The van der Waals surface area contributed by atoms with Gasteiger partial charge >= 0.3 is 0 Å². The van der Waals surface area contributed by atoms with Gasteiger partial charge in [0.05, 0.1) is 0 Å². The maximum atomic E-state index is 12.7. The molecule has 3 saturated heterocycles. The molecule has 3 aliphatic heterocycles.